The molecule has 5 nitrogen and oxygen atoms in total. The number of hydrogen-bond donors (Lipinski definition) is 1. The summed E-state index contributed by atoms with van der Waals surface area (Å²) in [6, 6.07) is 7.27. The summed E-state index contributed by atoms with van der Waals surface area (Å²) in [6.45, 7) is 1.99. The lowest BCUT2D eigenvalue weighted by molar-refractivity contribution is -0.130. The van der Waals surface area contributed by atoms with Crippen molar-refractivity contribution in [2.45, 2.75) is 25.8 Å². The molecule has 1 aliphatic heterocycles. The molecule has 0 radical (unpaired) electrons. The van der Waals surface area contributed by atoms with E-state index in [-0.39, 0.29) is 11.5 Å². The van der Waals surface area contributed by atoms with E-state index in [9.17, 15) is 9.59 Å². The molecule has 1 aromatic heterocycles. The molecule has 1 N–H and O–H groups in total. The third-order valence-electron chi connectivity index (χ3n) is 3.90. The highest BCUT2D eigenvalue weighted by Crippen LogP contribution is 2.10. The van der Waals surface area contributed by atoms with E-state index in [0.717, 1.165) is 31.4 Å². The molecule has 3 rings (SSSR count). The molecule has 0 saturated carbocycles. The normalized spacial score (nSPS) is 14.8. The SMILES string of the molecule is O=C(CCn1c(=S)[nH]c2ccccc2c1=O)N1CCCC1. The van der Waals surface area contributed by atoms with Gasteiger partial charge in [0.15, 0.2) is 4.77 Å². The monoisotopic (exact) mass is 303 g/mol. The van der Waals surface area contributed by atoms with Crippen LogP contribution in [-0.2, 0) is 11.3 Å². The van der Waals surface area contributed by atoms with Crippen LogP contribution in [0.1, 0.15) is 19.3 Å². The van der Waals surface area contributed by atoms with Crippen LogP contribution in [0.3, 0.4) is 0 Å². The fourth-order valence-corrected chi connectivity index (χ4v) is 3.02. The van der Waals surface area contributed by atoms with Crippen molar-refractivity contribution >= 4 is 29.0 Å². The molecule has 0 spiro atoms. The lowest BCUT2D eigenvalue weighted by Gasteiger charge is -2.15. The highest BCUT2D eigenvalue weighted by Gasteiger charge is 2.18. The summed E-state index contributed by atoms with van der Waals surface area (Å²) >= 11 is 5.24. The second-order valence-corrected chi connectivity index (χ2v) is 5.66. The zero-order valence-corrected chi connectivity index (χ0v) is 12.5. The largest absolute Gasteiger partial charge is 0.343 e. The first-order valence-corrected chi connectivity index (χ1v) is 7.57. The molecule has 1 fully saturated rings. The molecule has 1 aromatic carbocycles. The minimum Gasteiger partial charge on any atom is -0.343 e. The van der Waals surface area contributed by atoms with Crippen LogP contribution in [0.4, 0.5) is 0 Å². The van der Waals surface area contributed by atoms with Crippen molar-refractivity contribution in [1.29, 1.82) is 0 Å². The van der Waals surface area contributed by atoms with Gasteiger partial charge >= 0.3 is 0 Å². The van der Waals surface area contributed by atoms with Crippen molar-refractivity contribution in [3.63, 3.8) is 0 Å². The van der Waals surface area contributed by atoms with Crippen LogP contribution in [0, 0.1) is 4.77 Å². The minimum atomic E-state index is -0.136. The number of amides is 1. The number of nitrogens with zero attached hydrogens (tertiary/aromatic N) is 2. The number of aromatic nitrogens is 2. The van der Waals surface area contributed by atoms with Gasteiger partial charge in [0.25, 0.3) is 5.56 Å². The predicted molar refractivity (Wildman–Crippen MR) is 83.8 cm³/mol. The van der Waals surface area contributed by atoms with Crippen LogP contribution in [0.2, 0.25) is 0 Å². The van der Waals surface area contributed by atoms with E-state index in [1.165, 1.54) is 4.57 Å². The molecule has 0 unspecified atom stereocenters. The highest BCUT2D eigenvalue weighted by atomic mass is 32.1. The number of likely N-dealkylation sites (tertiary alicyclic amines) is 1. The molecule has 0 atom stereocenters. The summed E-state index contributed by atoms with van der Waals surface area (Å²) in [6.07, 6.45) is 2.46. The molecule has 1 aliphatic rings. The fraction of sp³-hybridized carbons (Fsp3) is 0.400. The summed E-state index contributed by atoms with van der Waals surface area (Å²) in [4.78, 5) is 29.4. The van der Waals surface area contributed by atoms with E-state index in [0.29, 0.717) is 23.1 Å². The van der Waals surface area contributed by atoms with Gasteiger partial charge in [-0.25, -0.2) is 0 Å². The summed E-state index contributed by atoms with van der Waals surface area (Å²) in [5, 5.41) is 0.597. The standard InChI is InChI=1S/C15H17N3O2S/c19-13(17-8-3-4-9-17)7-10-18-14(20)11-5-1-2-6-12(11)16-15(18)21/h1-2,5-6H,3-4,7-10H2,(H,16,21). The molecule has 0 bridgehead atoms. The Kier molecular flexibility index (Phi) is 3.88. The number of aromatic amines is 1. The molecule has 6 heteroatoms. The van der Waals surface area contributed by atoms with Crippen LogP contribution in [0.25, 0.3) is 10.9 Å². The van der Waals surface area contributed by atoms with E-state index in [1.54, 1.807) is 6.07 Å². The maximum absolute atomic E-state index is 12.4. The molecule has 1 saturated heterocycles. The number of nitrogens with one attached hydrogen (secondary N) is 1. The lowest BCUT2D eigenvalue weighted by Crippen LogP contribution is -2.30. The van der Waals surface area contributed by atoms with E-state index >= 15 is 0 Å². The van der Waals surface area contributed by atoms with E-state index in [2.05, 4.69) is 4.98 Å². The Morgan fingerprint density at radius 1 is 1.24 bits per heavy atom. The molecular weight excluding hydrogens is 286 g/mol. The van der Waals surface area contributed by atoms with Gasteiger partial charge in [-0.15, -0.1) is 0 Å². The van der Waals surface area contributed by atoms with Crippen LogP contribution >= 0.6 is 12.2 Å². The number of fused-ring (bicyclic) bond motifs is 1. The zero-order chi connectivity index (χ0) is 14.8. The van der Waals surface area contributed by atoms with Gasteiger partial charge in [0.2, 0.25) is 5.91 Å². The highest BCUT2D eigenvalue weighted by molar-refractivity contribution is 7.71. The third kappa shape index (κ3) is 2.76. The van der Waals surface area contributed by atoms with Crippen LogP contribution in [0.5, 0.6) is 0 Å². The number of rotatable bonds is 3. The Labute approximate surface area is 127 Å². The van der Waals surface area contributed by atoms with Crippen LogP contribution in [0.15, 0.2) is 29.1 Å². The number of benzene rings is 1. The van der Waals surface area contributed by atoms with Crippen molar-refractivity contribution in [2.24, 2.45) is 0 Å². The molecule has 0 aliphatic carbocycles. The Balaban J connectivity index is 1.85. The fourth-order valence-electron chi connectivity index (χ4n) is 2.73. The Morgan fingerprint density at radius 3 is 2.71 bits per heavy atom. The topological polar surface area (TPSA) is 58.1 Å². The van der Waals surface area contributed by atoms with Crippen molar-refractivity contribution in [3.8, 4) is 0 Å². The molecular formula is C15H17N3O2S. The van der Waals surface area contributed by atoms with Gasteiger partial charge < -0.3 is 9.88 Å². The summed E-state index contributed by atoms with van der Waals surface area (Å²) in [5.41, 5.74) is 0.596. The second kappa shape index (κ2) is 5.81. The summed E-state index contributed by atoms with van der Waals surface area (Å²) < 4.78 is 1.85. The van der Waals surface area contributed by atoms with Crippen molar-refractivity contribution < 1.29 is 4.79 Å². The summed E-state index contributed by atoms with van der Waals surface area (Å²) in [7, 11) is 0. The smallest absolute Gasteiger partial charge is 0.262 e. The average Bonchev–Trinajstić information content (AvgIpc) is 3.01. The van der Waals surface area contributed by atoms with E-state index in [1.807, 2.05) is 23.1 Å². The van der Waals surface area contributed by atoms with Crippen molar-refractivity contribution in [1.82, 2.24) is 14.5 Å². The average molecular weight is 303 g/mol. The first-order chi connectivity index (χ1) is 10.2. The molecule has 21 heavy (non-hydrogen) atoms. The van der Waals surface area contributed by atoms with Gasteiger partial charge in [0.05, 0.1) is 10.9 Å². The van der Waals surface area contributed by atoms with E-state index in [4.69, 9.17) is 12.2 Å². The van der Waals surface area contributed by atoms with Crippen molar-refractivity contribution in [3.05, 3.63) is 39.4 Å². The molecule has 2 heterocycles. The first kappa shape index (κ1) is 14.0. The quantitative estimate of drug-likeness (QED) is 0.883. The van der Waals surface area contributed by atoms with Gasteiger partial charge in [0, 0.05) is 26.1 Å². The number of hydrogen-bond acceptors (Lipinski definition) is 3. The number of H-pyrrole nitrogens is 1. The van der Waals surface area contributed by atoms with Gasteiger partial charge in [-0.1, -0.05) is 12.1 Å². The van der Waals surface area contributed by atoms with Gasteiger partial charge in [-0.05, 0) is 37.2 Å². The van der Waals surface area contributed by atoms with E-state index < -0.39 is 0 Å². The Morgan fingerprint density at radius 2 is 1.95 bits per heavy atom. The second-order valence-electron chi connectivity index (χ2n) is 5.27. The maximum atomic E-state index is 12.4. The molecule has 110 valence electrons. The summed E-state index contributed by atoms with van der Waals surface area (Å²) in [5.74, 6) is 0.0990. The first-order valence-electron chi connectivity index (χ1n) is 7.16. The number of carbonyl (C=O) groups is 1. The Hall–Kier alpha value is -1.95. The predicted octanol–water partition coefficient (Wildman–Crippen LogP) is 2.07. The van der Waals surface area contributed by atoms with Gasteiger partial charge in [-0.2, -0.15) is 0 Å². The van der Waals surface area contributed by atoms with Crippen molar-refractivity contribution in [2.75, 3.05) is 13.1 Å². The maximum Gasteiger partial charge on any atom is 0.262 e. The molecule has 1 amide bonds. The Bertz CT molecular complexity index is 787. The van der Waals surface area contributed by atoms with Gasteiger partial charge in [-0.3, -0.25) is 14.2 Å². The number of carbonyl (C=O) groups excluding carboxylic acids is 1. The van der Waals surface area contributed by atoms with Crippen LogP contribution < -0.4 is 5.56 Å². The third-order valence-corrected chi connectivity index (χ3v) is 4.22. The lowest BCUT2D eigenvalue weighted by atomic mass is 10.2. The zero-order valence-electron chi connectivity index (χ0n) is 11.7. The van der Waals surface area contributed by atoms with Gasteiger partial charge in [0.1, 0.15) is 0 Å². The van der Waals surface area contributed by atoms with Crippen LogP contribution in [-0.4, -0.2) is 33.4 Å². The molecule has 2 aromatic rings. The number of para-hydroxylation sites is 1. The minimum absolute atomic E-state index is 0.0990.